The van der Waals surface area contributed by atoms with Crippen LogP contribution in [0, 0.1) is 16.6 Å². The maximum absolute atomic E-state index is 12.6. The van der Waals surface area contributed by atoms with E-state index in [0.717, 1.165) is 18.6 Å². The van der Waals surface area contributed by atoms with Crippen LogP contribution >= 0.6 is 12.2 Å². The third-order valence-electron chi connectivity index (χ3n) is 4.88. The van der Waals surface area contributed by atoms with E-state index in [9.17, 15) is 9.59 Å². The zero-order valence-corrected chi connectivity index (χ0v) is 15.6. The van der Waals surface area contributed by atoms with E-state index in [4.69, 9.17) is 12.2 Å². The Morgan fingerprint density at radius 2 is 1.92 bits per heavy atom. The Hall–Kier alpha value is -1.95. The summed E-state index contributed by atoms with van der Waals surface area (Å²) in [7, 11) is 0. The van der Waals surface area contributed by atoms with Crippen molar-refractivity contribution in [3.8, 4) is 0 Å². The number of benzene rings is 1. The summed E-state index contributed by atoms with van der Waals surface area (Å²) >= 11 is 5.31. The van der Waals surface area contributed by atoms with Gasteiger partial charge in [-0.3, -0.25) is 14.2 Å². The number of carbonyl (C=O) groups excluding carboxylic acids is 1. The van der Waals surface area contributed by atoms with Crippen LogP contribution in [0.3, 0.4) is 0 Å². The molecular weight excluding hydrogens is 334 g/mol. The highest BCUT2D eigenvalue weighted by molar-refractivity contribution is 7.71. The van der Waals surface area contributed by atoms with E-state index in [0.29, 0.717) is 41.4 Å². The van der Waals surface area contributed by atoms with Gasteiger partial charge in [0.05, 0.1) is 10.9 Å². The molecule has 0 radical (unpaired) electrons. The Kier molecular flexibility index (Phi) is 5.37. The molecule has 0 aliphatic carbocycles. The number of rotatable bonds is 4. The highest BCUT2D eigenvalue weighted by atomic mass is 32.1. The molecule has 25 heavy (non-hydrogen) atoms. The molecule has 1 N–H and O–H groups in total. The average Bonchev–Trinajstić information content (AvgIpc) is 2.56. The van der Waals surface area contributed by atoms with Gasteiger partial charge in [-0.15, -0.1) is 0 Å². The Morgan fingerprint density at radius 3 is 2.64 bits per heavy atom. The molecule has 5 nitrogen and oxygen atoms in total. The van der Waals surface area contributed by atoms with Crippen molar-refractivity contribution in [3.05, 3.63) is 39.4 Å². The van der Waals surface area contributed by atoms with Crippen LogP contribution in [0.1, 0.15) is 33.1 Å². The second-order valence-electron chi connectivity index (χ2n) is 7.28. The highest BCUT2D eigenvalue weighted by Crippen LogP contribution is 2.21. The molecule has 2 heterocycles. The largest absolute Gasteiger partial charge is 0.342 e. The van der Waals surface area contributed by atoms with Crippen molar-refractivity contribution < 1.29 is 4.79 Å². The molecule has 1 fully saturated rings. The molecule has 0 saturated carbocycles. The summed E-state index contributed by atoms with van der Waals surface area (Å²) in [6.45, 7) is 6.55. The molecule has 1 aromatic heterocycles. The summed E-state index contributed by atoms with van der Waals surface area (Å²) in [5.41, 5.74) is 0.660. The molecule has 0 unspecified atom stereocenters. The number of likely N-dealkylation sites (tertiary alicyclic amines) is 1. The molecule has 6 heteroatoms. The number of carbonyl (C=O) groups is 1. The number of aromatic nitrogens is 2. The lowest BCUT2D eigenvalue weighted by Gasteiger charge is -2.35. The summed E-state index contributed by atoms with van der Waals surface area (Å²) in [4.78, 5) is 30.1. The predicted octanol–water partition coefficient (Wildman–Crippen LogP) is 3.34. The van der Waals surface area contributed by atoms with E-state index in [1.807, 2.05) is 23.1 Å². The van der Waals surface area contributed by atoms with E-state index >= 15 is 0 Å². The van der Waals surface area contributed by atoms with Gasteiger partial charge in [0, 0.05) is 26.1 Å². The quantitative estimate of drug-likeness (QED) is 0.852. The van der Waals surface area contributed by atoms with Crippen molar-refractivity contribution in [3.63, 3.8) is 0 Å². The number of nitrogens with zero attached hydrogens (tertiary/aromatic N) is 2. The smallest absolute Gasteiger partial charge is 0.262 e. The monoisotopic (exact) mass is 359 g/mol. The van der Waals surface area contributed by atoms with Crippen LogP contribution in [0.4, 0.5) is 0 Å². The van der Waals surface area contributed by atoms with Gasteiger partial charge < -0.3 is 9.88 Å². The lowest BCUT2D eigenvalue weighted by Crippen LogP contribution is -2.42. The van der Waals surface area contributed by atoms with Crippen LogP contribution in [0.2, 0.25) is 0 Å². The predicted molar refractivity (Wildman–Crippen MR) is 102 cm³/mol. The molecule has 1 saturated heterocycles. The summed E-state index contributed by atoms with van der Waals surface area (Å²) in [6, 6.07) is 7.35. The fourth-order valence-electron chi connectivity index (χ4n) is 3.82. The first kappa shape index (κ1) is 17.9. The van der Waals surface area contributed by atoms with E-state index in [1.54, 1.807) is 10.6 Å². The molecule has 2 aromatic rings. The van der Waals surface area contributed by atoms with E-state index in [1.165, 1.54) is 6.42 Å². The van der Waals surface area contributed by atoms with Crippen molar-refractivity contribution in [2.24, 2.45) is 11.8 Å². The highest BCUT2D eigenvalue weighted by Gasteiger charge is 2.24. The van der Waals surface area contributed by atoms with Gasteiger partial charge in [-0.05, 0) is 49.0 Å². The van der Waals surface area contributed by atoms with Gasteiger partial charge in [0.15, 0.2) is 4.77 Å². The van der Waals surface area contributed by atoms with E-state index < -0.39 is 0 Å². The van der Waals surface area contributed by atoms with E-state index in [-0.39, 0.29) is 11.5 Å². The van der Waals surface area contributed by atoms with Crippen molar-refractivity contribution in [1.29, 1.82) is 0 Å². The minimum Gasteiger partial charge on any atom is -0.342 e. The van der Waals surface area contributed by atoms with Crippen molar-refractivity contribution in [2.75, 3.05) is 13.1 Å². The number of amides is 1. The SMILES string of the molecule is C[C@@H]1C[C@H](C)CN(C(=O)CCCn2c(=S)[nH]c3ccccc3c2=O)C1. The van der Waals surface area contributed by atoms with Crippen LogP contribution in [0.5, 0.6) is 0 Å². The number of H-pyrrole nitrogens is 1. The number of nitrogens with one attached hydrogen (secondary N) is 1. The third-order valence-corrected chi connectivity index (χ3v) is 5.21. The van der Waals surface area contributed by atoms with Gasteiger partial charge in [0.2, 0.25) is 5.91 Å². The zero-order chi connectivity index (χ0) is 18.0. The van der Waals surface area contributed by atoms with Crippen LogP contribution in [-0.2, 0) is 11.3 Å². The summed E-state index contributed by atoms with van der Waals surface area (Å²) in [5.74, 6) is 1.30. The van der Waals surface area contributed by atoms with E-state index in [2.05, 4.69) is 18.8 Å². The fourth-order valence-corrected chi connectivity index (χ4v) is 4.10. The molecule has 3 rings (SSSR count). The van der Waals surface area contributed by atoms with Crippen molar-refractivity contribution in [2.45, 2.75) is 39.7 Å². The summed E-state index contributed by atoms with van der Waals surface area (Å²) in [6.07, 6.45) is 2.26. The number of fused-ring (bicyclic) bond motifs is 1. The number of hydrogen-bond donors (Lipinski definition) is 1. The minimum atomic E-state index is -0.0907. The van der Waals surface area contributed by atoms with Gasteiger partial charge in [-0.1, -0.05) is 26.0 Å². The number of aromatic amines is 1. The van der Waals surface area contributed by atoms with Crippen molar-refractivity contribution >= 4 is 29.0 Å². The second kappa shape index (κ2) is 7.52. The number of piperidine rings is 1. The van der Waals surface area contributed by atoms with Crippen LogP contribution in [-0.4, -0.2) is 33.4 Å². The Bertz CT molecular complexity index is 876. The van der Waals surface area contributed by atoms with Crippen molar-refractivity contribution in [1.82, 2.24) is 14.5 Å². The molecule has 1 aromatic carbocycles. The number of para-hydroxylation sites is 1. The molecule has 1 aliphatic heterocycles. The topological polar surface area (TPSA) is 58.1 Å². The van der Waals surface area contributed by atoms with Crippen LogP contribution in [0.15, 0.2) is 29.1 Å². The Morgan fingerprint density at radius 1 is 1.24 bits per heavy atom. The first-order valence-corrected chi connectivity index (χ1v) is 9.36. The molecule has 0 spiro atoms. The lowest BCUT2D eigenvalue weighted by molar-refractivity contribution is -0.134. The van der Waals surface area contributed by atoms with Gasteiger partial charge in [-0.2, -0.15) is 0 Å². The third kappa shape index (κ3) is 4.00. The minimum absolute atomic E-state index is 0.0907. The molecule has 1 aliphatic rings. The molecule has 0 bridgehead atoms. The zero-order valence-electron chi connectivity index (χ0n) is 14.8. The standard InChI is InChI=1S/C19H25N3O2S/c1-13-10-14(2)12-21(11-13)17(23)8-5-9-22-18(24)15-6-3-4-7-16(15)20-19(22)25/h3-4,6-7,13-14H,5,8-12H2,1-2H3,(H,20,25)/t13-,14+. The maximum atomic E-state index is 12.6. The van der Waals surface area contributed by atoms with Gasteiger partial charge in [0.25, 0.3) is 5.56 Å². The second-order valence-corrected chi connectivity index (χ2v) is 7.67. The lowest BCUT2D eigenvalue weighted by atomic mass is 9.91. The van der Waals surface area contributed by atoms with Gasteiger partial charge >= 0.3 is 0 Å². The van der Waals surface area contributed by atoms with Gasteiger partial charge in [-0.25, -0.2) is 0 Å². The first-order chi connectivity index (χ1) is 12.0. The Balaban J connectivity index is 1.66. The van der Waals surface area contributed by atoms with Crippen LogP contribution in [0.25, 0.3) is 10.9 Å². The Labute approximate surface area is 152 Å². The molecule has 134 valence electrons. The fraction of sp³-hybridized carbons (Fsp3) is 0.526. The molecular formula is C19H25N3O2S. The maximum Gasteiger partial charge on any atom is 0.262 e. The number of hydrogen-bond acceptors (Lipinski definition) is 3. The summed E-state index contributed by atoms with van der Waals surface area (Å²) < 4.78 is 1.98. The summed E-state index contributed by atoms with van der Waals surface area (Å²) in [5, 5.41) is 0.626. The molecule has 1 amide bonds. The average molecular weight is 359 g/mol. The first-order valence-electron chi connectivity index (χ1n) is 8.95. The van der Waals surface area contributed by atoms with Crippen LogP contribution < -0.4 is 5.56 Å². The normalized spacial score (nSPS) is 20.8. The molecule has 2 atom stereocenters. The van der Waals surface area contributed by atoms with Gasteiger partial charge in [0.1, 0.15) is 0 Å².